The molecule has 2 unspecified atom stereocenters. The summed E-state index contributed by atoms with van der Waals surface area (Å²) < 4.78 is 56.9. The van der Waals surface area contributed by atoms with Crippen LogP contribution < -0.4 is 22.6 Å². The summed E-state index contributed by atoms with van der Waals surface area (Å²) in [7, 11) is 1.33. The smallest absolute Gasteiger partial charge is 0.386 e. The molecule has 49 heavy (non-hydrogen) atoms. The van der Waals surface area contributed by atoms with Crippen LogP contribution in [0.2, 0.25) is 0 Å². The molecule has 4 aromatic rings. The number of hydrogen-bond acceptors (Lipinski definition) is 17. The lowest BCUT2D eigenvalue weighted by Crippen LogP contribution is -2.37. The molecular weight excluding hydrogens is 730 g/mol. The van der Waals surface area contributed by atoms with Crippen LogP contribution in [0.4, 0.5) is 5.95 Å². The van der Waals surface area contributed by atoms with Gasteiger partial charge in [0.15, 0.2) is 23.6 Å². The Hall–Kier alpha value is -2.66. The lowest BCUT2D eigenvalue weighted by Gasteiger charge is -2.27. The first-order valence-corrected chi connectivity index (χ1v) is 19.8. The van der Waals surface area contributed by atoms with Crippen LogP contribution in [0.5, 0.6) is 0 Å². The number of H-pyrrole nitrogens is 1. The second-order valence-corrected chi connectivity index (χ2v) is 16.9. The van der Waals surface area contributed by atoms with Crippen LogP contribution in [0.15, 0.2) is 40.4 Å². The minimum Gasteiger partial charge on any atom is -0.386 e. The highest BCUT2D eigenvalue weighted by Gasteiger charge is 2.53. The standard InChI is InChI=1S/C25H30N8O12P2S2/c1-39-18-13-7-41-46(37,48)44-17-12(42-23(16(17)34)33-8-28-11-4-2-3-10(5-26)14(11)22(33)36)6-40-47(38,49)45-19(18)24(43-13)32-9-29-15-20(32)30-25(27)31-21(15)35/h2-4,8-9,12-13,16-19,23-24,34H,5-7,26H2,1H3,(H,37,48)(H,38,49)(H3,27,30,31,35)/t12-,13-,16-,17-,18-,19-,23-,24-,46?,47?/m1/s1. The monoisotopic (exact) mass is 760 g/mol. The normalized spacial score (nSPS) is 35.5. The maximum absolute atomic E-state index is 13.8. The third kappa shape index (κ3) is 6.40. The van der Waals surface area contributed by atoms with E-state index in [1.807, 2.05) is 0 Å². The first-order chi connectivity index (χ1) is 23.3. The number of nitrogens with one attached hydrogen (secondary N) is 1. The van der Waals surface area contributed by atoms with Crippen LogP contribution in [0.3, 0.4) is 0 Å². The van der Waals surface area contributed by atoms with Crippen molar-refractivity contribution in [2.24, 2.45) is 5.73 Å². The molecule has 3 saturated heterocycles. The molecule has 7 N–H and O–H groups in total. The highest BCUT2D eigenvalue weighted by Crippen LogP contribution is 2.58. The molecule has 0 saturated carbocycles. The van der Waals surface area contributed by atoms with Crippen molar-refractivity contribution in [3.8, 4) is 0 Å². The van der Waals surface area contributed by atoms with Gasteiger partial charge in [-0.1, -0.05) is 24.4 Å². The fourth-order valence-corrected chi connectivity index (χ4v) is 9.01. The van der Waals surface area contributed by atoms with E-state index >= 15 is 0 Å². The first-order valence-electron chi connectivity index (χ1n) is 14.5. The molecule has 264 valence electrons. The van der Waals surface area contributed by atoms with E-state index in [9.17, 15) is 24.2 Å². The van der Waals surface area contributed by atoms with Crippen molar-refractivity contribution < 1.29 is 46.9 Å². The quantitative estimate of drug-likeness (QED) is 0.116. The number of hydrogen-bond donors (Lipinski definition) is 6. The summed E-state index contributed by atoms with van der Waals surface area (Å²) in [6.07, 6.45) is -7.97. The van der Waals surface area contributed by atoms with Gasteiger partial charge in [-0.3, -0.25) is 37.3 Å². The number of rotatable bonds is 4. The Morgan fingerprint density at radius 3 is 2.59 bits per heavy atom. The van der Waals surface area contributed by atoms with Gasteiger partial charge in [-0.15, -0.1) is 0 Å². The molecule has 10 atom stereocenters. The number of imidazole rings is 1. The minimum atomic E-state index is -4.36. The van der Waals surface area contributed by atoms with Crippen molar-refractivity contribution in [2.45, 2.75) is 55.6 Å². The van der Waals surface area contributed by atoms with E-state index in [2.05, 4.69) is 32.2 Å². The number of nitrogen functional groups attached to an aromatic ring is 1. The van der Waals surface area contributed by atoms with Gasteiger partial charge in [-0.2, -0.15) is 4.98 Å². The van der Waals surface area contributed by atoms with Gasteiger partial charge in [-0.05, 0) is 23.4 Å². The van der Waals surface area contributed by atoms with E-state index in [-0.39, 0.29) is 29.0 Å². The number of ether oxygens (including phenoxy) is 3. The fraction of sp³-hybridized carbons (Fsp3) is 0.480. The van der Waals surface area contributed by atoms with Gasteiger partial charge in [0, 0.05) is 13.7 Å². The van der Waals surface area contributed by atoms with Crippen molar-refractivity contribution in [2.75, 3.05) is 26.1 Å². The molecule has 0 radical (unpaired) electrons. The second kappa shape index (κ2) is 13.1. The molecule has 3 aliphatic rings. The van der Waals surface area contributed by atoms with Crippen LogP contribution in [0.25, 0.3) is 22.1 Å². The second-order valence-electron chi connectivity index (χ2n) is 11.2. The van der Waals surface area contributed by atoms with Crippen molar-refractivity contribution >= 4 is 65.6 Å². The average Bonchev–Trinajstić information content (AvgIpc) is 3.71. The number of aliphatic hydroxyl groups excluding tert-OH is 1. The Morgan fingerprint density at radius 2 is 1.84 bits per heavy atom. The van der Waals surface area contributed by atoms with Crippen LogP contribution in [-0.4, -0.2) is 96.0 Å². The number of aliphatic hydroxyl groups is 1. The highest BCUT2D eigenvalue weighted by atomic mass is 32.7. The average molecular weight is 761 g/mol. The van der Waals surface area contributed by atoms with Gasteiger partial charge >= 0.3 is 13.5 Å². The summed E-state index contributed by atoms with van der Waals surface area (Å²) in [5.74, 6) is -0.200. The third-order valence-electron chi connectivity index (χ3n) is 8.30. The van der Waals surface area contributed by atoms with Gasteiger partial charge < -0.3 is 40.2 Å². The zero-order valence-electron chi connectivity index (χ0n) is 25.2. The number of aromatic nitrogens is 6. The molecule has 0 aliphatic carbocycles. The Bertz CT molecular complexity index is 2130. The van der Waals surface area contributed by atoms with E-state index in [0.717, 1.165) is 4.57 Å². The van der Waals surface area contributed by atoms with E-state index in [4.69, 9.17) is 55.6 Å². The van der Waals surface area contributed by atoms with Crippen LogP contribution >= 0.6 is 25.8 Å². The van der Waals surface area contributed by atoms with Crippen LogP contribution in [-0.2, 0) is 55.2 Å². The van der Waals surface area contributed by atoms with Gasteiger partial charge in [0.2, 0.25) is 5.95 Å². The molecule has 7 rings (SSSR count). The van der Waals surface area contributed by atoms with E-state index in [0.29, 0.717) is 11.1 Å². The van der Waals surface area contributed by atoms with Gasteiger partial charge in [0.05, 0.1) is 30.4 Å². The molecule has 1 aromatic carbocycles. The van der Waals surface area contributed by atoms with Crippen LogP contribution in [0, 0.1) is 0 Å². The van der Waals surface area contributed by atoms with Crippen molar-refractivity contribution in [1.82, 2.24) is 29.1 Å². The minimum absolute atomic E-state index is 0.0159. The predicted molar refractivity (Wildman–Crippen MR) is 176 cm³/mol. The van der Waals surface area contributed by atoms with Gasteiger partial charge in [0.25, 0.3) is 11.1 Å². The summed E-state index contributed by atoms with van der Waals surface area (Å²) in [4.78, 5) is 52.1. The molecule has 0 amide bonds. The van der Waals surface area contributed by atoms with E-state index < -0.39 is 86.9 Å². The number of thiol groups is 1. The number of nitrogens with two attached hydrogens (primary N) is 2. The number of anilines is 1. The summed E-state index contributed by atoms with van der Waals surface area (Å²) in [5, 5.41) is 11.6. The van der Waals surface area contributed by atoms with Crippen molar-refractivity contribution in [1.29, 1.82) is 0 Å². The predicted octanol–water partition coefficient (Wildman–Crippen LogP) is -0.187. The Labute approximate surface area is 285 Å². The molecule has 2 bridgehead atoms. The number of methoxy groups -OCH3 is 1. The molecule has 3 aromatic heterocycles. The number of fused-ring (bicyclic) bond motifs is 5. The summed E-state index contributed by atoms with van der Waals surface area (Å²) in [5.41, 5.74) is 11.3. The van der Waals surface area contributed by atoms with Crippen molar-refractivity contribution in [3.63, 3.8) is 0 Å². The lowest BCUT2D eigenvalue weighted by atomic mass is 10.1. The van der Waals surface area contributed by atoms with Crippen LogP contribution in [0.1, 0.15) is 18.0 Å². The lowest BCUT2D eigenvalue weighted by molar-refractivity contribution is -0.0605. The number of nitrogens with zero attached hydrogens (tertiary/aromatic N) is 5. The highest BCUT2D eigenvalue weighted by molar-refractivity contribution is 8.44. The zero-order valence-corrected chi connectivity index (χ0v) is 28.7. The summed E-state index contributed by atoms with van der Waals surface area (Å²) in [6, 6.07) is 5.02. The maximum atomic E-state index is 13.8. The molecule has 3 fully saturated rings. The fourth-order valence-electron chi connectivity index (χ4n) is 6.11. The largest absolute Gasteiger partial charge is 0.386 e. The molecule has 20 nitrogen and oxygen atoms in total. The van der Waals surface area contributed by atoms with E-state index in [1.54, 1.807) is 18.2 Å². The molecule has 3 aliphatic heterocycles. The SMILES string of the molecule is CO[C@H]1[C@H]2OP(=O)(S)OC[C@H]3O[C@@H](n4cnc5cccc(CN)c5c4=O)[C@H](O)[C@@H]3OP(O)(=S)OC[C@H]1O[C@H]2n1cnc2c(=O)[nH]c(N)nc21. The van der Waals surface area contributed by atoms with E-state index in [1.165, 1.54) is 24.3 Å². The first kappa shape index (κ1) is 34.8. The molecule has 0 spiro atoms. The number of aromatic amines is 1. The topological polar surface area (TPSA) is 273 Å². The molecular formula is C25H30N8O12P2S2. The number of benzene rings is 1. The Morgan fingerprint density at radius 1 is 1.10 bits per heavy atom. The molecule has 6 heterocycles. The van der Waals surface area contributed by atoms with Gasteiger partial charge in [-0.25, -0.2) is 14.5 Å². The van der Waals surface area contributed by atoms with Crippen molar-refractivity contribution in [3.05, 3.63) is 57.1 Å². The third-order valence-corrected chi connectivity index (χ3v) is 11.5. The molecule has 24 heteroatoms. The summed E-state index contributed by atoms with van der Waals surface area (Å²) >= 11 is 9.47. The Kier molecular flexibility index (Phi) is 9.33. The Balaban J connectivity index is 1.22. The maximum Gasteiger partial charge on any atom is 0.386 e. The zero-order chi connectivity index (χ0) is 34.8. The summed E-state index contributed by atoms with van der Waals surface area (Å²) in [6.45, 7) is -9.57. The van der Waals surface area contributed by atoms with Gasteiger partial charge in [0.1, 0.15) is 43.0 Å².